The first-order valence-corrected chi connectivity index (χ1v) is 6.32. The van der Waals surface area contributed by atoms with E-state index in [1.807, 2.05) is 0 Å². The largest absolute Gasteiger partial charge is 0.399 e. The summed E-state index contributed by atoms with van der Waals surface area (Å²) in [7, 11) is 0. The van der Waals surface area contributed by atoms with Crippen LogP contribution in [0.4, 0.5) is 25.3 Å². The van der Waals surface area contributed by atoms with Gasteiger partial charge in [-0.25, -0.2) is 13.8 Å². The van der Waals surface area contributed by atoms with Gasteiger partial charge in [0, 0.05) is 5.69 Å². The molecule has 0 aliphatic heterocycles. The number of halogens is 2. The van der Waals surface area contributed by atoms with Gasteiger partial charge in [-0.2, -0.15) is 0 Å². The standard InChI is InChI=1S/C13H9F2N3S/c14-8-2-1-3-10(12(8)15)18-13-17-9-5-4-7(16)6-11(9)19-13/h1-6H,16H2,(H,17,18). The van der Waals surface area contributed by atoms with Crippen LogP contribution in [0.2, 0.25) is 0 Å². The van der Waals surface area contributed by atoms with Gasteiger partial charge in [0.15, 0.2) is 16.8 Å². The maximum Gasteiger partial charge on any atom is 0.188 e. The van der Waals surface area contributed by atoms with E-state index in [2.05, 4.69) is 10.3 Å². The number of hydrogen-bond acceptors (Lipinski definition) is 4. The molecule has 0 saturated carbocycles. The third-order valence-corrected chi connectivity index (χ3v) is 3.54. The van der Waals surface area contributed by atoms with Crippen molar-refractivity contribution in [2.24, 2.45) is 0 Å². The van der Waals surface area contributed by atoms with Crippen LogP contribution < -0.4 is 11.1 Å². The number of thiazole rings is 1. The van der Waals surface area contributed by atoms with Gasteiger partial charge in [-0.3, -0.25) is 0 Å². The zero-order valence-corrected chi connectivity index (χ0v) is 10.5. The number of nitrogens with one attached hydrogen (secondary N) is 1. The number of fused-ring (bicyclic) bond motifs is 1. The van der Waals surface area contributed by atoms with E-state index in [4.69, 9.17) is 5.73 Å². The normalized spacial score (nSPS) is 10.8. The summed E-state index contributed by atoms with van der Waals surface area (Å²) in [6, 6.07) is 9.29. The van der Waals surface area contributed by atoms with E-state index in [-0.39, 0.29) is 5.69 Å². The van der Waals surface area contributed by atoms with Gasteiger partial charge in [-0.05, 0) is 30.3 Å². The summed E-state index contributed by atoms with van der Waals surface area (Å²) >= 11 is 1.33. The Hall–Kier alpha value is -2.21. The SMILES string of the molecule is Nc1ccc2nc(Nc3cccc(F)c3F)sc2c1. The average molecular weight is 277 g/mol. The fourth-order valence-electron chi connectivity index (χ4n) is 1.71. The first-order valence-electron chi connectivity index (χ1n) is 5.50. The van der Waals surface area contributed by atoms with Crippen LogP contribution >= 0.6 is 11.3 Å². The van der Waals surface area contributed by atoms with E-state index in [9.17, 15) is 8.78 Å². The highest BCUT2D eigenvalue weighted by Crippen LogP contribution is 2.30. The van der Waals surface area contributed by atoms with E-state index in [1.54, 1.807) is 18.2 Å². The molecule has 0 atom stereocenters. The second-order valence-corrected chi connectivity index (χ2v) is 5.00. The molecule has 0 spiro atoms. The highest BCUT2D eigenvalue weighted by molar-refractivity contribution is 7.22. The minimum Gasteiger partial charge on any atom is -0.399 e. The molecule has 19 heavy (non-hydrogen) atoms. The van der Waals surface area contributed by atoms with Gasteiger partial charge in [0.25, 0.3) is 0 Å². The van der Waals surface area contributed by atoms with Crippen LogP contribution in [0.1, 0.15) is 0 Å². The molecule has 0 bridgehead atoms. The highest BCUT2D eigenvalue weighted by atomic mass is 32.1. The Bertz CT molecular complexity index is 755. The summed E-state index contributed by atoms with van der Waals surface area (Å²) in [4.78, 5) is 4.28. The topological polar surface area (TPSA) is 50.9 Å². The van der Waals surface area contributed by atoms with Crippen LogP contribution in [0, 0.1) is 11.6 Å². The van der Waals surface area contributed by atoms with E-state index in [0.29, 0.717) is 10.8 Å². The summed E-state index contributed by atoms with van der Waals surface area (Å²) < 4.78 is 27.5. The van der Waals surface area contributed by atoms with Crippen molar-refractivity contribution in [3.63, 3.8) is 0 Å². The maximum absolute atomic E-state index is 13.5. The lowest BCUT2D eigenvalue weighted by atomic mass is 10.3. The predicted octanol–water partition coefficient (Wildman–Crippen LogP) is 3.90. The Balaban J connectivity index is 1.99. The molecule has 3 rings (SSSR count). The Morgan fingerprint density at radius 3 is 2.84 bits per heavy atom. The molecule has 6 heteroatoms. The smallest absolute Gasteiger partial charge is 0.188 e. The lowest BCUT2D eigenvalue weighted by Crippen LogP contribution is -1.95. The van der Waals surface area contributed by atoms with Crippen LogP contribution in [-0.4, -0.2) is 4.98 Å². The van der Waals surface area contributed by atoms with Gasteiger partial charge in [0.05, 0.1) is 15.9 Å². The third-order valence-electron chi connectivity index (χ3n) is 2.61. The van der Waals surface area contributed by atoms with Crippen molar-refractivity contribution >= 4 is 38.1 Å². The molecule has 0 aliphatic rings. The lowest BCUT2D eigenvalue weighted by molar-refractivity contribution is 0.512. The second-order valence-electron chi connectivity index (χ2n) is 3.97. The van der Waals surface area contributed by atoms with Crippen LogP contribution in [0.15, 0.2) is 36.4 Å². The molecular weight excluding hydrogens is 268 g/mol. The Morgan fingerprint density at radius 1 is 1.16 bits per heavy atom. The molecule has 1 aromatic heterocycles. The maximum atomic E-state index is 13.5. The van der Waals surface area contributed by atoms with Crippen molar-refractivity contribution in [3.05, 3.63) is 48.0 Å². The van der Waals surface area contributed by atoms with Crippen LogP contribution in [-0.2, 0) is 0 Å². The van der Waals surface area contributed by atoms with Crippen LogP contribution in [0.5, 0.6) is 0 Å². The summed E-state index contributed by atoms with van der Waals surface area (Å²) in [5.74, 6) is -1.81. The van der Waals surface area contributed by atoms with Gasteiger partial charge in [-0.15, -0.1) is 0 Å². The minimum atomic E-state index is -0.915. The molecule has 3 nitrogen and oxygen atoms in total. The summed E-state index contributed by atoms with van der Waals surface area (Å²) in [6.07, 6.45) is 0. The van der Waals surface area contributed by atoms with Crippen LogP contribution in [0.25, 0.3) is 10.2 Å². The molecule has 0 radical (unpaired) electrons. The number of benzene rings is 2. The molecule has 0 saturated heterocycles. The number of nitrogen functional groups attached to an aromatic ring is 1. The molecule has 0 fully saturated rings. The van der Waals surface area contributed by atoms with E-state index in [0.717, 1.165) is 16.3 Å². The molecule has 2 aromatic carbocycles. The van der Waals surface area contributed by atoms with Crippen molar-refractivity contribution in [1.29, 1.82) is 0 Å². The summed E-state index contributed by atoms with van der Waals surface area (Å²) in [6.45, 7) is 0. The van der Waals surface area contributed by atoms with Crippen molar-refractivity contribution in [2.75, 3.05) is 11.1 Å². The van der Waals surface area contributed by atoms with Gasteiger partial charge < -0.3 is 11.1 Å². The Kier molecular flexibility index (Phi) is 2.79. The van der Waals surface area contributed by atoms with E-state index < -0.39 is 11.6 Å². The lowest BCUT2D eigenvalue weighted by Gasteiger charge is -2.03. The first-order chi connectivity index (χ1) is 9.13. The zero-order chi connectivity index (χ0) is 13.4. The quantitative estimate of drug-likeness (QED) is 0.698. The zero-order valence-electron chi connectivity index (χ0n) is 9.65. The van der Waals surface area contributed by atoms with Gasteiger partial charge >= 0.3 is 0 Å². The molecular formula is C13H9F2N3S. The highest BCUT2D eigenvalue weighted by Gasteiger charge is 2.10. The number of hydrogen-bond donors (Lipinski definition) is 2. The number of nitrogens with two attached hydrogens (primary N) is 1. The molecule has 96 valence electrons. The number of nitrogens with zero attached hydrogens (tertiary/aromatic N) is 1. The fourth-order valence-corrected chi connectivity index (χ4v) is 2.64. The molecule has 0 aliphatic carbocycles. The van der Waals surface area contributed by atoms with Crippen molar-refractivity contribution in [1.82, 2.24) is 4.98 Å². The Labute approximate surface area is 111 Å². The molecule has 0 unspecified atom stereocenters. The summed E-state index contributed by atoms with van der Waals surface area (Å²) in [5, 5.41) is 3.26. The number of anilines is 3. The van der Waals surface area contributed by atoms with Crippen molar-refractivity contribution in [3.8, 4) is 0 Å². The van der Waals surface area contributed by atoms with E-state index in [1.165, 1.54) is 23.5 Å². The van der Waals surface area contributed by atoms with Gasteiger partial charge in [0.1, 0.15) is 0 Å². The second kappa shape index (κ2) is 4.47. The minimum absolute atomic E-state index is 0.0621. The van der Waals surface area contributed by atoms with E-state index >= 15 is 0 Å². The monoisotopic (exact) mass is 277 g/mol. The van der Waals surface area contributed by atoms with Gasteiger partial charge in [0.2, 0.25) is 0 Å². The molecule has 1 heterocycles. The third kappa shape index (κ3) is 2.22. The molecule has 3 N–H and O–H groups in total. The van der Waals surface area contributed by atoms with Crippen molar-refractivity contribution < 1.29 is 8.78 Å². The van der Waals surface area contributed by atoms with Crippen LogP contribution in [0.3, 0.4) is 0 Å². The predicted molar refractivity (Wildman–Crippen MR) is 73.7 cm³/mol. The Morgan fingerprint density at radius 2 is 2.00 bits per heavy atom. The first kappa shape index (κ1) is 11.9. The molecule has 3 aromatic rings. The van der Waals surface area contributed by atoms with Gasteiger partial charge in [-0.1, -0.05) is 17.4 Å². The fraction of sp³-hybridized carbons (Fsp3) is 0. The van der Waals surface area contributed by atoms with Crippen molar-refractivity contribution in [2.45, 2.75) is 0 Å². The molecule has 0 amide bonds. The number of rotatable bonds is 2. The summed E-state index contributed by atoms with van der Waals surface area (Å²) in [5.41, 5.74) is 7.14. The number of aromatic nitrogens is 1. The average Bonchev–Trinajstić information content (AvgIpc) is 2.76.